The van der Waals surface area contributed by atoms with Gasteiger partial charge in [-0.25, -0.2) is 4.98 Å². The molecular formula is C11H10BrN3O2S. The van der Waals surface area contributed by atoms with Gasteiger partial charge >= 0.3 is 0 Å². The van der Waals surface area contributed by atoms with Gasteiger partial charge in [-0.15, -0.1) is 11.3 Å². The largest absolute Gasteiger partial charge is 0.481 e. The summed E-state index contributed by atoms with van der Waals surface area (Å²) in [5, 5.41) is 4.47. The molecule has 0 spiro atoms. The number of hydrogen-bond acceptors (Lipinski definition) is 5. The van der Waals surface area contributed by atoms with E-state index in [1.165, 1.54) is 18.4 Å². The molecular weight excluding hydrogens is 318 g/mol. The van der Waals surface area contributed by atoms with Gasteiger partial charge in [0.05, 0.1) is 7.11 Å². The molecule has 0 aliphatic heterocycles. The van der Waals surface area contributed by atoms with Crippen molar-refractivity contribution >= 4 is 39.1 Å². The number of amides is 1. The molecule has 0 atom stereocenters. The Morgan fingerprint density at radius 2 is 2.28 bits per heavy atom. The van der Waals surface area contributed by atoms with E-state index in [0.29, 0.717) is 10.8 Å². The molecule has 0 aromatic carbocycles. The highest BCUT2D eigenvalue weighted by Gasteiger charge is 2.13. The van der Waals surface area contributed by atoms with Crippen LogP contribution in [0, 0.1) is 6.92 Å². The van der Waals surface area contributed by atoms with Crippen LogP contribution >= 0.6 is 27.3 Å². The van der Waals surface area contributed by atoms with Gasteiger partial charge < -0.3 is 4.74 Å². The van der Waals surface area contributed by atoms with Crippen LogP contribution in [0.5, 0.6) is 5.88 Å². The molecule has 0 bridgehead atoms. The van der Waals surface area contributed by atoms with Gasteiger partial charge in [-0.05, 0) is 34.3 Å². The van der Waals surface area contributed by atoms with E-state index in [2.05, 4.69) is 31.2 Å². The highest BCUT2D eigenvalue weighted by atomic mass is 79.9. The molecule has 94 valence electrons. The summed E-state index contributed by atoms with van der Waals surface area (Å²) < 4.78 is 5.78. The van der Waals surface area contributed by atoms with E-state index in [1.54, 1.807) is 13.0 Å². The van der Waals surface area contributed by atoms with Gasteiger partial charge in [0.15, 0.2) is 0 Å². The molecule has 1 N–H and O–H groups in total. The lowest BCUT2D eigenvalue weighted by Crippen LogP contribution is -2.14. The maximum absolute atomic E-state index is 12.0. The number of ether oxygens (including phenoxy) is 1. The van der Waals surface area contributed by atoms with Gasteiger partial charge in [0.2, 0.25) is 11.8 Å². The second kappa shape index (κ2) is 5.45. The number of aromatic nitrogens is 2. The number of carbonyl (C=O) groups excluding carboxylic acids is 1. The third kappa shape index (κ3) is 2.85. The summed E-state index contributed by atoms with van der Waals surface area (Å²) >= 11 is 4.65. The number of hydrogen-bond donors (Lipinski definition) is 1. The quantitative estimate of drug-likeness (QED) is 0.941. The highest BCUT2D eigenvalue weighted by Crippen LogP contribution is 2.23. The van der Waals surface area contributed by atoms with E-state index in [0.717, 1.165) is 10.2 Å². The van der Waals surface area contributed by atoms with Crippen molar-refractivity contribution in [3.63, 3.8) is 0 Å². The summed E-state index contributed by atoms with van der Waals surface area (Å²) in [5.74, 6) is 0.407. The lowest BCUT2D eigenvalue weighted by atomic mass is 10.4. The molecule has 0 aliphatic rings. The fourth-order valence-corrected chi connectivity index (χ4v) is 2.76. The molecule has 2 heterocycles. The van der Waals surface area contributed by atoms with Gasteiger partial charge in [0.1, 0.15) is 4.88 Å². The number of anilines is 1. The molecule has 2 rings (SSSR count). The number of methoxy groups -OCH3 is 1. The van der Waals surface area contributed by atoms with E-state index in [1.807, 2.05) is 11.4 Å². The fourth-order valence-electron chi connectivity index (χ4n) is 1.31. The minimum absolute atomic E-state index is 0.233. The van der Waals surface area contributed by atoms with E-state index in [4.69, 9.17) is 4.74 Å². The molecule has 0 radical (unpaired) electrons. The first-order chi connectivity index (χ1) is 8.60. The lowest BCUT2D eigenvalue weighted by Gasteiger charge is -2.05. The Morgan fingerprint density at radius 3 is 2.89 bits per heavy atom. The van der Waals surface area contributed by atoms with Crippen LogP contribution in [-0.2, 0) is 0 Å². The lowest BCUT2D eigenvalue weighted by molar-refractivity contribution is 0.102. The van der Waals surface area contributed by atoms with Crippen LogP contribution in [0.1, 0.15) is 15.4 Å². The van der Waals surface area contributed by atoms with Crippen molar-refractivity contribution < 1.29 is 9.53 Å². The molecule has 0 aliphatic carbocycles. The molecule has 7 heteroatoms. The molecule has 5 nitrogen and oxygen atoms in total. The van der Waals surface area contributed by atoms with Gasteiger partial charge in [-0.2, -0.15) is 4.98 Å². The monoisotopic (exact) mass is 327 g/mol. The Bertz CT molecular complexity index is 585. The Balaban J connectivity index is 2.22. The molecule has 2 aromatic heterocycles. The zero-order valence-corrected chi connectivity index (χ0v) is 12.1. The van der Waals surface area contributed by atoms with Gasteiger partial charge in [-0.3, -0.25) is 10.1 Å². The zero-order valence-electron chi connectivity index (χ0n) is 9.73. The topological polar surface area (TPSA) is 64.1 Å². The molecule has 2 aromatic rings. The van der Waals surface area contributed by atoms with Crippen LogP contribution < -0.4 is 10.1 Å². The number of halogens is 1. The van der Waals surface area contributed by atoms with Crippen LogP contribution in [0.15, 0.2) is 22.0 Å². The summed E-state index contributed by atoms with van der Waals surface area (Å²) in [6.07, 6.45) is 0. The second-order valence-corrected chi connectivity index (χ2v) is 5.20. The first kappa shape index (κ1) is 13.0. The molecule has 18 heavy (non-hydrogen) atoms. The van der Waals surface area contributed by atoms with Gasteiger partial charge in [-0.1, -0.05) is 0 Å². The van der Waals surface area contributed by atoms with Crippen molar-refractivity contribution in [3.05, 3.63) is 32.6 Å². The predicted molar refractivity (Wildman–Crippen MR) is 73.3 cm³/mol. The first-order valence-electron chi connectivity index (χ1n) is 5.04. The van der Waals surface area contributed by atoms with Crippen molar-refractivity contribution in [3.8, 4) is 5.88 Å². The predicted octanol–water partition coefficient (Wildman–Crippen LogP) is 2.87. The maximum Gasteiger partial charge on any atom is 0.269 e. The van der Waals surface area contributed by atoms with Gasteiger partial charge in [0, 0.05) is 16.2 Å². The Kier molecular flexibility index (Phi) is 3.93. The van der Waals surface area contributed by atoms with E-state index in [9.17, 15) is 4.79 Å². The van der Waals surface area contributed by atoms with Crippen molar-refractivity contribution in [1.82, 2.24) is 9.97 Å². The number of aryl methyl sites for hydroxylation is 1. The molecule has 0 saturated heterocycles. The van der Waals surface area contributed by atoms with Crippen LogP contribution in [0.2, 0.25) is 0 Å². The zero-order chi connectivity index (χ0) is 13.1. The molecule has 1 amide bonds. The number of thiophene rings is 1. The smallest absolute Gasteiger partial charge is 0.269 e. The summed E-state index contributed by atoms with van der Waals surface area (Å²) in [5.41, 5.74) is 0.724. The van der Waals surface area contributed by atoms with Crippen molar-refractivity contribution in [2.45, 2.75) is 6.92 Å². The first-order valence-corrected chi connectivity index (χ1v) is 6.71. The molecule has 0 saturated carbocycles. The van der Waals surface area contributed by atoms with Crippen molar-refractivity contribution in [2.24, 2.45) is 0 Å². The van der Waals surface area contributed by atoms with Gasteiger partial charge in [0.25, 0.3) is 5.91 Å². The third-order valence-corrected chi connectivity index (χ3v) is 3.93. The van der Waals surface area contributed by atoms with E-state index < -0.39 is 0 Å². The number of nitrogens with zero attached hydrogens (tertiary/aromatic N) is 2. The average molecular weight is 328 g/mol. The highest BCUT2D eigenvalue weighted by molar-refractivity contribution is 9.10. The minimum atomic E-state index is -0.246. The summed E-state index contributed by atoms with van der Waals surface area (Å²) in [7, 11) is 1.52. The summed E-state index contributed by atoms with van der Waals surface area (Å²) in [4.78, 5) is 20.7. The van der Waals surface area contributed by atoms with Crippen LogP contribution in [0.3, 0.4) is 0 Å². The van der Waals surface area contributed by atoms with Crippen LogP contribution in [0.4, 0.5) is 5.95 Å². The summed E-state index contributed by atoms with van der Waals surface area (Å²) in [6, 6.07) is 3.51. The van der Waals surface area contributed by atoms with Crippen molar-refractivity contribution in [1.29, 1.82) is 0 Å². The number of carbonyl (C=O) groups is 1. The minimum Gasteiger partial charge on any atom is -0.481 e. The Morgan fingerprint density at radius 1 is 1.50 bits per heavy atom. The average Bonchev–Trinajstić information content (AvgIpc) is 2.74. The molecule has 0 fully saturated rings. The summed E-state index contributed by atoms with van der Waals surface area (Å²) in [6.45, 7) is 1.81. The van der Waals surface area contributed by atoms with E-state index >= 15 is 0 Å². The fraction of sp³-hybridized carbons (Fsp3) is 0.182. The third-order valence-electron chi connectivity index (χ3n) is 2.09. The Labute approximate surface area is 116 Å². The molecule has 0 unspecified atom stereocenters. The SMILES string of the molecule is COc1cc(C)nc(NC(=O)c2sccc2Br)n1. The normalized spacial score (nSPS) is 10.2. The van der Waals surface area contributed by atoms with E-state index in [-0.39, 0.29) is 11.9 Å². The second-order valence-electron chi connectivity index (χ2n) is 3.43. The number of rotatable bonds is 3. The Hall–Kier alpha value is -1.47. The van der Waals surface area contributed by atoms with Crippen LogP contribution in [0.25, 0.3) is 0 Å². The standard InChI is InChI=1S/C11H10BrN3O2S/c1-6-5-8(17-2)14-11(13-6)15-10(16)9-7(12)3-4-18-9/h3-5H,1-2H3,(H,13,14,15,16). The van der Waals surface area contributed by atoms with Crippen molar-refractivity contribution in [2.75, 3.05) is 12.4 Å². The van der Waals surface area contributed by atoms with Crippen LogP contribution in [-0.4, -0.2) is 23.0 Å². The maximum atomic E-state index is 12.0. The number of nitrogens with one attached hydrogen (secondary N) is 1.